The third-order valence-corrected chi connectivity index (χ3v) is 2.42. The molecule has 3 nitrogen and oxygen atoms in total. The molecule has 7 heteroatoms. The number of amides is 1. The second-order valence-electron chi connectivity index (χ2n) is 3.87. The zero-order chi connectivity index (χ0) is 14.8. The number of benzene rings is 1. The second kappa shape index (κ2) is 5.28. The first-order valence-electron chi connectivity index (χ1n) is 5.47. The molecule has 104 valence electrons. The van der Waals surface area contributed by atoms with Crippen LogP contribution in [0.4, 0.5) is 23.2 Å². The van der Waals surface area contributed by atoms with Crippen molar-refractivity contribution in [2.45, 2.75) is 6.18 Å². The molecule has 1 aromatic heterocycles. The van der Waals surface area contributed by atoms with E-state index in [-0.39, 0.29) is 6.07 Å². The van der Waals surface area contributed by atoms with Gasteiger partial charge >= 0.3 is 6.18 Å². The molecule has 2 rings (SSSR count). The lowest BCUT2D eigenvalue weighted by atomic mass is 10.2. The Morgan fingerprint density at radius 1 is 1.15 bits per heavy atom. The Bertz CT molecular complexity index is 626. The molecule has 0 bridgehead atoms. The van der Waals surface area contributed by atoms with E-state index < -0.39 is 29.2 Å². The maximum absolute atomic E-state index is 13.5. The molecule has 0 unspecified atom stereocenters. The highest BCUT2D eigenvalue weighted by Gasteiger charge is 2.32. The minimum atomic E-state index is -4.71. The van der Waals surface area contributed by atoms with E-state index in [1.165, 1.54) is 0 Å². The maximum Gasteiger partial charge on any atom is 0.417 e. The number of rotatable bonds is 2. The van der Waals surface area contributed by atoms with Crippen LogP contribution >= 0.6 is 0 Å². The van der Waals surface area contributed by atoms with Gasteiger partial charge in [-0.15, -0.1) is 0 Å². The number of para-hydroxylation sites is 1. The third kappa shape index (κ3) is 3.11. The minimum absolute atomic E-state index is 0.243. The Labute approximate surface area is 111 Å². The van der Waals surface area contributed by atoms with Gasteiger partial charge in [-0.1, -0.05) is 18.2 Å². The van der Waals surface area contributed by atoms with E-state index in [9.17, 15) is 22.4 Å². The molecular weight excluding hydrogens is 276 g/mol. The molecule has 0 saturated carbocycles. The number of anilines is 1. The molecule has 2 aromatic rings. The molecule has 0 fully saturated rings. The van der Waals surface area contributed by atoms with Crippen molar-refractivity contribution in [3.63, 3.8) is 0 Å². The number of hydrogen-bond acceptors (Lipinski definition) is 2. The van der Waals surface area contributed by atoms with Crippen LogP contribution in [0.2, 0.25) is 0 Å². The average Bonchev–Trinajstić information content (AvgIpc) is 2.38. The van der Waals surface area contributed by atoms with E-state index in [0.29, 0.717) is 11.9 Å². The van der Waals surface area contributed by atoms with Crippen molar-refractivity contribution in [3.05, 3.63) is 59.7 Å². The maximum atomic E-state index is 13.5. The fourth-order valence-corrected chi connectivity index (χ4v) is 1.47. The van der Waals surface area contributed by atoms with Crippen LogP contribution in [0.25, 0.3) is 0 Å². The lowest BCUT2D eigenvalue weighted by Gasteiger charge is -2.08. The molecule has 1 heterocycles. The third-order valence-electron chi connectivity index (χ3n) is 2.42. The summed E-state index contributed by atoms with van der Waals surface area (Å²) in [5.41, 5.74) is -1.55. The second-order valence-corrected chi connectivity index (χ2v) is 3.87. The van der Waals surface area contributed by atoms with Crippen molar-refractivity contribution < 1.29 is 22.4 Å². The van der Waals surface area contributed by atoms with Crippen LogP contribution in [0.5, 0.6) is 0 Å². The highest BCUT2D eigenvalue weighted by atomic mass is 19.4. The predicted molar refractivity (Wildman–Crippen MR) is 63.6 cm³/mol. The average molecular weight is 284 g/mol. The summed E-state index contributed by atoms with van der Waals surface area (Å²) in [6.07, 6.45) is -4.29. The number of aromatic nitrogens is 1. The quantitative estimate of drug-likeness (QED) is 0.858. The van der Waals surface area contributed by atoms with Crippen LogP contribution in [0.3, 0.4) is 0 Å². The smallest absolute Gasteiger partial charge is 0.321 e. The Kier molecular flexibility index (Phi) is 3.69. The number of alkyl halides is 3. The van der Waals surface area contributed by atoms with E-state index in [4.69, 9.17) is 0 Å². The molecule has 0 saturated heterocycles. The van der Waals surface area contributed by atoms with Crippen LogP contribution in [0, 0.1) is 5.82 Å². The van der Waals surface area contributed by atoms with Gasteiger partial charge in [0.1, 0.15) is 0 Å². The van der Waals surface area contributed by atoms with Gasteiger partial charge in [0.2, 0.25) is 0 Å². The summed E-state index contributed by atoms with van der Waals surface area (Å²) < 4.78 is 50.5. The Morgan fingerprint density at radius 2 is 1.80 bits per heavy atom. The van der Waals surface area contributed by atoms with Gasteiger partial charge in [-0.3, -0.25) is 4.79 Å². The highest BCUT2D eigenvalue weighted by molar-refractivity contribution is 6.03. The molecule has 0 aliphatic rings. The van der Waals surface area contributed by atoms with Crippen molar-refractivity contribution in [2.75, 3.05) is 5.32 Å². The minimum Gasteiger partial charge on any atom is -0.321 e. The number of pyridine rings is 1. The largest absolute Gasteiger partial charge is 0.417 e. The van der Waals surface area contributed by atoms with Crippen molar-refractivity contribution >= 4 is 11.6 Å². The van der Waals surface area contributed by atoms with Crippen LogP contribution in [0.15, 0.2) is 42.6 Å². The monoisotopic (exact) mass is 284 g/mol. The first-order chi connectivity index (χ1) is 9.38. The summed E-state index contributed by atoms with van der Waals surface area (Å²) in [6, 6.07) is 8.36. The van der Waals surface area contributed by atoms with Crippen molar-refractivity contribution in [3.8, 4) is 0 Å². The Balaban J connectivity index is 2.23. The first-order valence-corrected chi connectivity index (χ1v) is 5.47. The Hall–Kier alpha value is -2.44. The number of carbonyl (C=O) groups excluding carboxylic acids is 1. The van der Waals surface area contributed by atoms with Crippen LogP contribution in [0.1, 0.15) is 16.1 Å². The number of nitrogens with one attached hydrogen (secondary N) is 1. The summed E-state index contributed by atoms with van der Waals surface area (Å²) in [4.78, 5) is 14.9. The molecule has 1 N–H and O–H groups in total. The van der Waals surface area contributed by atoms with Gasteiger partial charge in [0.15, 0.2) is 11.5 Å². The normalized spacial score (nSPS) is 11.2. The van der Waals surface area contributed by atoms with Crippen molar-refractivity contribution in [1.29, 1.82) is 0 Å². The number of carbonyl (C=O) groups is 1. The fourth-order valence-electron chi connectivity index (χ4n) is 1.47. The fraction of sp³-hybridized carbons (Fsp3) is 0.0769. The Morgan fingerprint density at radius 3 is 2.35 bits per heavy atom. The predicted octanol–water partition coefficient (Wildman–Crippen LogP) is 3.49. The summed E-state index contributed by atoms with van der Waals surface area (Å²) in [5, 5.41) is 2.33. The van der Waals surface area contributed by atoms with Gasteiger partial charge in [-0.25, -0.2) is 9.37 Å². The van der Waals surface area contributed by atoms with E-state index in [1.54, 1.807) is 30.3 Å². The molecule has 0 aliphatic heterocycles. The van der Waals surface area contributed by atoms with Crippen LogP contribution in [-0.2, 0) is 6.18 Å². The molecule has 0 atom stereocenters. The first kappa shape index (κ1) is 14.0. The van der Waals surface area contributed by atoms with Gasteiger partial charge in [0.25, 0.3) is 5.91 Å². The number of hydrogen-bond donors (Lipinski definition) is 1. The zero-order valence-electron chi connectivity index (χ0n) is 9.91. The van der Waals surface area contributed by atoms with E-state index in [2.05, 4.69) is 10.3 Å². The standard InChI is InChI=1S/C13H8F4N2O/c14-10-6-8(13(15,16)17)7-18-11(10)12(20)19-9-4-2-1-3-5-9/h1-7H,(H,19,20). The molecule has 20 heavy (non-hydrogen) atoms. The van der Waals surface area contributed by atoms with E-state index in [0.717, 1.165) is 0 Å². The van der Waals surface area contributed by atoms with Gasteiger partial charge in [0.05, 0.1) is 5.56 Å². The summed E-state index contributed by atoms with van der Waals surface area (Å²) in [7, 11) is 0. The molecule has 1 aromatic carbocycles. The van der Waals surface area contributed by atoms with Crippen LogP contribution < -0.4 is 5.32 Å². The van der Waals surface area contributed by atoms with E-state index >= 15 is 0 Å². The highest BCUT2D eigenvalue weighted by Crippen LogP contribution is 2.29. The topological polar surface area (TPSA) is 42.0 Å². The lowest BCUT2D eigenvalue weighted by Crippen LogP contribution is -2.17. The molecular formula is C13H8F4N2O. The van der Waals surface area contributed by atoms with Gasteiger partial charge in [-0.2, -0.15) is 13.2 Å². The van der Waals surface area contributed by atoms with Gasteiger partial charge in [0, 0.05) is 11.9 Å². The van der Waals surface area contributed by atoms with Crippen molar-refractivity contribution in [1.82, 2.24) is 4.98 Å². The van der Waals surface area contributed by atoms with Crippen molar-refractivity contribution in [2.24, 2.45) is 0 Å². The molecule has 0 spiro atoms. The van der Waals surface area contributed by atoms with Gasteiger partial charge in [-0.05, 0) is 18.2 Å². The van der Waals surface area contributed by atoms with E-state index in [1.807, 2.05) is 0 Å². The number of nitrogens with zero attached hydrogens (tertiary/aromatic N) is 1. The molecule has 0 aliphatic carbocycles. The van der Waals surface area contributed by atoms with Gasteiger partial charge < -0.3 is 5.32 Å². The summed E-state index contributed by atoms with van der Waals surface area (Å²) >= 11 is 0. The van der Waals surface area contributed by atoms with Crippen LogP contribution in [-0.4, -0.2) is 10.9 Å². The summed E-state index contributed by atoms with van der Waals surface area (Å²) in [6.45, 7) is 0. The zero-order valence-corrected chi connectivity index (χ0v) is 9.91. The molecule has 0 radical (unpaired) electrons. The number of halogens is 4. The molecule has 1 amide bonds. The SMILES string of the molecule is O=C(Nc1ccccc1)c1ncc(C(F)(F)F)cc1F. The lowest BCUT2D eigenvalue weighted by molar-refractivity contribution is -0.138. The summed E-state index contributed by atoms with van der Waals surface area (Å²) in [5.74, 6) is -2.24.